The van der Waals surface area contributed by atoms with Gasteiger partial charge in [0.1, 0.15) is 0 Å². The number of Topliss-reactive ketones (excluding diaryl/α,β-unsaturated/α-hetero) is 1. The summed E-state index contributed by atoms with van der Waals surface area (Å²) in [6.07, 6.45) is 6.46. The predicted molar refractivity (Wildman–Crippen MR) is 135 cm³/mol. The molecule has 8 atom stereocenters. The summed E-state index contributed by atoms with van der Waals surface area (Å²) in [7, 11) is 0. The second-order valence-corrected chi connectivity index (χ2v) is 15.3. The Bertz CT molecular complexity index is 1010. The summed E-state index contributed by atoms with van der Waals surface area (Å²) in [5.41, 5.74) is -3.92. The fourth-order valence-corrected chi connectivity index (χ4v) is 10.8. The molecule has 0 radical (unpaired) electrons. The molecule has 36 heavy (non-hydrogen) atoms. The normalized spacial score (nSPS) is 49.5. The highest BCUT2D eigenvalue weighted by Gasteiger charge is 2.83. The molecule has 0 unspecified atom stereocenters. The molecule has 5 fully saturated rings. The maximum absolute atomic E-state index is 14.5. The fraction of sp³-hybridized carbons (Fsp3) is 0.900. The minimum atomic E-state index is -1.10. The number of esters is 1. The molecular formula is C30H46O6. The number of carboxylic acids is 1. The van der Waals surface area contributed by atoms with E-state index in [0.717, 1.165) is 44.9 Å². The second kappa shape index (κ2) is 7.36. The first kappa shape index (κ1) is 26.2. The van der Waals surface area contributed by atoms with E-state index in [1.165, 1.54) is 0 Å². The van der Waals surface area contributed by atoms with Gasteiger partial charge >= 0.3 is 11.9 Å². The van der Waals surface area contributed by atoms with Crippen LogP contribution in [0.15, 0.2) is 0 Å². The van der Waals surface area contributed by atoms with Crippen LogP contribution in [0.25, 0.3) is 0 Å². The highest BCUT2D eigenvalue weighted by Crippen LogP contribution is 2.79. The first-order chi connectivity index (χ1) is 16.4. The van der Waals surface area contributed by atoms with Crippen LogP contribution in [0.2, 0.25) is 0 Å². The largest absolute Gasteiger partial charge is 0.481 e. The van der Waals surface area contributed by atoms with Crippen LogP contribution in [0, 0.1) is 44.8 Å². The topological polar surface area (TPSA) is 101 Å². The van der Waals surface area contributed by atoms with E-state index >= 15 is 0 Å². The first-order valence-corrected chi connectivity index (χ1v) is 14.1. The Hall–Kier alpha value is -1.43. The van der Waals surface area contributed by atoms with Crippen LogP contribution in [0.4, 0.5) is 0 Å². The van der Waals surface area contributed by atoms with Gasteiger partial charge in [-0.15, -0.1) is 0 Å². The van der Waals surface area contributed by atoms with Gasteiger partial charge in [0.2, 0.25) is 0 Å². The molecule has 1 saturated heterocycles. The summed E-state index contributed by atoms with van der Waals surface area (Å²) in [5, 5.41) is 20.8. The smallest absolute Gasteiger partial charge is 0.313 e. The number of ketones is 1. The minimum absolute atomic E-state index is 0.0145. The Labute approximate surface area is 215 Å². The number of carboxylic acid groups (broad SMARTS) is 1. The third kappa shape index (κ3) is 2.97. The summed E-state index contributed by atoms with van der Waals surface area (Å²) < 4.78 is 6.47. The average Bonchev–Trinajstić information content (AvgIpc) is 2.93. The SMILES string of the molecule is CC1(C)CC[C@@]23CC[C@@]4(C)[C@]5(C)CC[C@@H](C(C)(C)O)[C@](C)(CCC(=O)O)[C@H]5CC(=O)[C@]4(OC2=O)[C@@H]3C1. The van der Waals surface area contributed by atoms with Crippen molar-refractivity contribution in [3.05, 3.63) is 0 Å². The maximum atomic E-state index is 14.5. The summed E-state index contributed by atoms with van der Waals surface area (Å²) in [5.74, 6) is -1.25. The molecule has 6 heteroatoms. The lowest BCUT2D eigenvalue weighted by atomic mass is 9.31. The maximum Gasteiger partial charge on any atom is 0.313 e. The molecule has 5 aliphatic rings. The third-order valence-corrected chi connectivity index (χ3v) is 12.8. The van der Waals surface area contributed by atoms with E-state index in [9.17, 15) is 24.6 Å². The zero-order valence-corrected chi connectivity index (χ0v) is 23.3. The van der Waals surface area contributed by atoms with Crippen molar-refractivity contribution < 1.29 is 29.3 Å². The Kier molecular flexibility index (Phi) is 5.35. The Morgan fingerprint density at radius 2 is 1.64 bits per heavy atom. The quantitative estimate of drug-likeness (QED) is 0.489. The Balaban J connectivity index is 1.66. The lowest BCUT2D eigenvalue weighted by Gasteiger charge is -2.71. The van der Waals surface area contributed by atoms with Crippen molar-refractivity contribution in [2.75, 3.05) is 0 Å². The summed E-state index contributed by atoms with van der Waals surface area (Å²) >= 11 is 0. The van der Waals surface area contributed by atoms with E-state index in [4.69, 9.17) is 4.74 Å². The molecule has 1 spiro atoms. The number of ether oxygens (including phenoxy) is 1. The molecule has 5 rings (SSSR count). The molecule has 0 aromatic carbocycles. The van der Waals surface area contributed by atoms with Gasteiger partial charge in [0.15, 0.2) is 11.4 Å². The van der Waals surface area contributed by atoms with Crippen LogP contribution in [0.1, 0.15) is 113 Å². The van der Waals surface area contributed by atoms with Crippen LogP contribution in [0.5, 0.6) is 0 Å². The molecule has 4 aliphatic carbocycles. The molecule has 1 aliphatic heterocycles. The molecule has 202 valence electrons. The average molecular weight is 503 g/mol. The van der Waals surface area contributed by atoms with Gasteiger partial charge in [0.05, 0.1) is 11.0 Å². The number of aliphatic carboxylic acids is 1. The van der Waals surface area contributed by atoms with Crippen molar-refractivity contribution in [2.45, 2.75) is 124 Å². The van der Waals surface area contributed by atoms with Gasteiger partial charge in [-0.2, -0.15) is 0 Å². The van der Waals surface area contributed by atoms with Crippen LogP contribution in [0.3, 0.4) is 0 Å². The number of hydrogen-bond donors (Lipinski definition) is 2. The molecule has 4 saturated carbocycles. The number of carbonyl (C=O) groups is 3. The fourth-order valence-electron chi connectivity index (χ4n) is 10.8. The summed E-state index contributed by atoms with van der Waals surface area (Å²) in [6.45, 7) is 14.8. The van der Waals surface area contributed by atoms with Gasteiger partial charge in [-0.3, -0.25) is 14.4 Å². The van der Waals surface area contributed by atoms with Crippen molar-refractivity contribution in [3.8, 4) is 0 Å². The Morgan fingerprint density at radius 3 is 2.25 bits per heavy atom. The van der Waals surface area contributed by atoms with Gasteiger partial charge in [0, 0.05) is 24.2 Å². The van der Waals surface area contributed by atoms with Crippen LogP contribution < -0.4 is 0 Å². The highest BCUT2D eigenvalue weighted by molar-refractivity contribution is 5.98. The number of fused-ring (bicyclic) bond motifs is 2. The monoisotopic (exact) mass is 502 g/mol. The van der Waals surface area contributed by atoms with Crippen molar-refractivity contribution in [1.29, 1.82) is 0 Å². The van der Waals surface area contributed by atoms with Gasteiger partial charge < -0.3 is 14.9 Å². The van der Waals surface area contributed by atoms with E-state index < -0.39 is 33.4 Å². The first-order valence-electron chi connectivity index (χ1n) is 14.1. The molecule has 2 bridgehead atoms. The number of aliphatic hydroxyl groups is 1. The van der Waals surface area contributed by atoms with Crippen LogP contribution in [-0.2, 0) is 19.1 Å². The Morgan fingerprint density at radius 1 is 1.00 bits per heavy atom. The zero-order valence-electron chi connectivity index (χ0n) is 23.3. The van der Waals surface area contributed by atoms with E-state index in [0.29, 0.717) is 6.42 Å². The minimum Gasteiger partial charge on any atom is -0.481 e. The van der Waals surface area contributed by atoms with E-state index in [1.54, 1.807) is 0 Å². The van der Waals surface area contributed by atoms with Crippen LogP contribution >= 0.6 is 0 Å². The molecule has 0 aromatic heterocycles. The predicted octanol–water partition coefficient (Wildman–Crippen LogP) is 5.54. The van der Waals surface area contributed by atoms with Crippen molar-refractivity contribution >= 4 is 17.7 Å². The number of rotatable bonds is 4. The van der Waals surface area contributed by atoms with E-state index in [1.807, 2.05) is 13.8 Å². The molecule has 1 heterocycles. The number of hydrogen-bond acceptors (Lipinski definition) is 5. The molecule has 6 nitrogen and oxygen atoms in total. The zero-order chi connectivity index (χ0) is 26.7. The van der Waals surface area contributed by atoms with Crippen molar-refractivity contribution in [2.24, 2.45) is 44.8 Å². The van der Waals surface area contributed by atoms with E-state index in [-0.39, 0.29) is 53.2 Å². The van der Waals surface area contributed by atoms with Gasteiger partial charge in [-0.1, -0.05) is 34.6 Å². The lowest BCUT2D eigenvalue weighted by Crippen LogP contribution is -2.74. The van der Waals surface area contributed by atoms with Crippen LogP contribution in [-0.4, -0.2) is 39.1 Å². The molecule has 0 amide bonds. The van der Waals surface area contributed by atoms with E-state index in [2.05, 4.69) is 34.6 Å². The van der Waals surface area contributed by atoms with Gasteiger partial charge in [-0.25, -0.2) is 0 Å². The summed E-state index contributed by atoms with van der Waals surface area (Å²) in [6, 6.07) is 0. The second-order valence-electron chi connectivity index (χ2n) is 15.3. The van der Waals surface area contributed by atoms with Crippen molar-refractivity contribution in [3.63, 3.8) is 0 Å². The molecule has 2 N–H and O–H groups in total. The molecular weight excluding hydrogens is 456 g/mol. The number of carbonyl (C=O) groups excluding carboxylic acids is 2. The van der Waals surface area contributed by atoms with Gasteiger partial charge in [0.25, 0.3) is 0 Å². The highest BCUT2D eigenvalue weighted by atomic mass is 16.6. The third-order valence-electron chi connectivity index (χ3n) is 12.8. The van der Waals surface area contributed by atoms with Gasteiger partial charge in [-0.05, 0) is 93.3 Å². The molecule has 0 aromatic rings. The van der Waals surface area contributed by atoms with Crippen molar-refractivity contribution in [1.82, 2.24) is 0 Å². The lowest BCUT2D eigenvalue weighted by molar-refractivity contribution is -0.263. The summed E-state index contributed by atoms with van der Waals surface area (Å²) in [4.78, 5) is 39.9. The standard InChI is InChI=1S/C30H46O6/c1-24(2)12-14-29-15-13-28(7)27(6)11-8-18(25(3,4)35)26(5,10-9-22(32)33)19(27)16-21(31)30(28,20(29)17-24)36-23(29)34/h18-20,35H,8-17H2,1-7H3,(H,32,33)/t18-,19+,20+,26-,27+,28-,29-,30+/m0/s1.